The Kier molecular flexibility index (Phi) is 3.21. The Morgan fingerprint density at radius 3 is 2.35 bits per heavy atom. The molecule has 1 atom stereocenters. The molecular weight excluding hydrogens is 214 g/mol. The van der Waals surface area contributed by atoms with Crippen LogP contribution in [0.1, 0.15) is 34.1 Å². The molecule has 2 rings (SSSR count). The fourth-order valence-corrected chi connectivity index (χ4v) is 2.42. The Morgan fingerprint density at radius 1 is 1.35 bits per heavy atom. The van der Waals surface area contributed by atoms with Crippen LogP contribution in [0.15, 0.2) is 0 Å². The highest BCUT2D eigenvalue weighted by atomic mass is 16.2. The van der Waals surface area contributed by atoms with Crippen molar-refractivity contribution in [1.82, 2.24) is 15.5 Å². The summed E-state index contributed by atoms with van der Waals surface area (Å²) >= 11 is 0. The average Bonchev–Trinajstić information content (AvgIpc) is 2.87. The van der Waals surface area contributed by atoms with Gasteiger partial charge in [0, 0.05) is 32.2 Å². The Balaban J connectivity index is 1.92. The number of hydrogen-bond donors (Lipinski definition) is 2. The number of carbonyl (C=O) groups is 1. The summed E-state index contributed by atoms with van der Waals surface area (Å²) in [5.74, 6) is 0.176. The molecule has 1 unspecified atom stereocenters. The fraction of sp³-hybridized carbons (Fsp3) is 0.923. The molecule has 0 aromatic heterocycles. The molecule has 0 bridgehead atoms. The lowest BCUT2D eigenvalue weighted by Gasteiger charge is -2.40. The van der Waals surface area contributed by atoms with Crippen LogP contribution in [-0.4, -0.2) is 48.6 Å². The third kappa shape index (κ3) is 2.63. The molecule has 2 aliphatic rings. The summed E-state index contributed by atoms with van der Waals surface area (Å²) in [6.07, 6.45) is 1.11. The summed E-state index contributed by atoms with van der Waals surface area (Å²) in [6, 6.07) is 0.372. The van der Waals surface area contributed by atoms with E-state index < -0.39 is 0 Å². The zero-order valence-electron chi connectivity index (χ0n) is 11.5. The first kappa shape index (κ1) is 12.8. The summed E-state index contributed by atoms with van der Waals surface area (Å²) in [5.41, 5.74) is -0.0873. The van der Waals surface area contributed by atoms with E-state index in [2.05, 4.69) is 29.4 Å². The predicted octanol–water partition coefficient (Wildman–Crippen LogP) is 0.585. The van der Waals surface area contributed by atoms with Crippen molar-refractivity contribution < 1.29 is 4.79 Å². The Bertz CT molecular complexity index is 306. The lowest BCUT2D eigenvalue weighted by Crippen LogP contribution is -2.60. The topological polar surface area (TPSA) is 44.4 Å². The molecule has 1 aliphatic carbocycles. The molecule has 1 saturated heterocycles. The van der Waals surface area contributed by atoms with Crippen molar-refractivity contribution >= 4 is 5.91 Å². The summed E-state index contributed by atoms with van der Waals surface area (Å²) in [7, 11) is 0. The molecular formula is C13H25N3O. The van der Waals surface area contributed by atoms with Crippen LogP contribution in [0.4, 0.5) is 0 Å². The van der Waals surface area contributed by atoms with E-state index in [4.69, 9.17) is 0 Å². The summed E-state index contributed by atoms with van der Waals surface area (Å²) in [6.45, 7) is 12.3. The quantitative estimate of drug-likeness (QED) is 0.757. The Morgan fingerprint density at radius 2 is 1.88 bits per heavy atom. The first-order valence-corrected chi connectivity index (χ1v) is 6.61. The lowest BCUT2D eigenvalue weighted by atomic mass is 10.00. The predicted molar refractivity (Wildman–Crippen MR) is 68.9 cm³/mol. The molecule has 0 spiro atoms. The van der Waals surface area contributed by atoms with Crippen molar-refractivity contribution in [3.63, 3.8) is 0 Å². The van der Waals surface area contributed by atoms with Gasteiger partial charge in [0.2, 0.25) is 5.91 Å². The summed E-state index contributed by atoms with van der Waals surface area (Å²) < 4.78 is 0. The monoisotopic (exact) mass is 239 g/mol. The molecule has 98 valence electrons. The van der Waals surface area contributed by atoms with Crippen LogP contribution in [0.3, 0.4) is 0 Å². The van der Waals surface area contributed by atoms with E-state index in [1.54, 1.807) is 0 Å². The average molecular weight is 239 g/mol. The Hall–Kier alpha value is -0.610. The van der Waals surface area contributed by atoms with Gasteiger partial charge in [-0.3, -0.25) is 9.69 Å². The summed E-state index contributed by atoms with van der Waals surface area (Å²) in [4.78, 5) is 14.6. The number of hydrogen-bond acceptors (Lipinski definition) is 3. The van der Waals surface area contributed by atoms with Gasteiger partial charge >= 0.3 is 0 Å². The van der Waals surface area contributed by atoms with E-state index in [9.17, 15) is 4.79 Å². The van der Waals surface area contributed by atoms with E-state index >= 15 is 0 Å². The zero-order valence-corrected chi connectivity index (χ0v) is 11.5. The molecule has 0 aromatic carbocycles. The van der Waals surface area contributed by atoms with Crippen molar-refractivity contribution in [3.8, 4) is 0 Å². The molecule has 1 heterocycles. The molecule has 0 radical (unpaired) electrons. The fourth-order valence-electron chi connectivity index (χ4n) is 2.42. The van der Waals surface area contributed by atoms with Gasteiger partial charge < -0.3 is 10.6 Å². The third-order valence-electron chi connectivity index (χ3n) is 4.28. The maximum Gasteiger partial charge on any atom is 0.240 e. The standard InChI is InChI=1S/C13H25N3O/c1-12(2)9-10(12)15-11(17)13(3,4)16-7-5-14-6-8-16/h10,14H,5-9H2,1-4H3,(H,15,17). The van der Waals surface area contributed by atoms with E-state index in [1.165, 1.54) is 0 Å². The second-order valence-corrected chi connectivity index (χ2v) is 6.51. The molecule has 0 aromatic rings. The minimum absolute atomic E-state index is 0.176. The second-order valence-electron chi connectivity index (χ2n) is 6.51. The van der Waals surface area contributed by atoms with Gasteiger partial charge in [-0.15, -0.1) is 0 Å². The van der Waals surface area contributed by atoms with E-state index in [-0.39, 0.29) is 11.4 Å². The number of nitrogens with zero attached hydrogens (tertiary/aromatic N) is 1. The number of piperazine rings is 1. The third-order valence-corrected chi connectivity index (χ3v) is 4.28. The van der Waals surface area contributed by atoms with Gasteiger partial charge in [0.15, 0.2) is 0 Å². The molecule has 1 saturated carbocycles. The lowest BCUT2D eigenvalue weighted by molar-refractivity contribution is -0.132. The first-order chi connectivity index (χ1) is 7.84. The van der Waals surface area contributed by atoms with Gasteiger partial charge in [-0.1, -0.05) is 13.8 Å². The molecule has 4 heteroatoms. The highest BCUT2D eigenvalue weighted by Gasteiger charge is 2.48. The largest absolute Gasteiger partial charge is 0.351 e. The highest BCUT2D eigenvalue weighted by molar-refractivity contribution is 5.86. The number of carbonyl (C=O) groups excluding carboxylic acids is 1. The Labute approximate surface area is 104 Å². The van der Waals surface area contributed by atoms with Crippen molar-refractivity contribution in [1.29, 1.82) is 0 Å². The SMILES string of the molecule is CC1(C)CC1NC(=O)C(C)(C)N1CCNCC1. The molecule has 1 amide bonds. The van der Waals surface area contributed by atoms with Crippen LogP contribution in [0, 0.1) is 5.41 Å². The van der Waals surface area contributed by atoms with E-state index in [0.717, 1.165) is 32.6 Å². The molecule has 4 nitrogen and oxygen atoms in total. The van der Waals surface area contributed by atoms with Crippen molar-refractivity contribution in [3.05, 3.63) is 0 Å². The maximum absolute atomic E-state index is 12.3. The smallest absolute Gasteiger partial charge is 0.240 e. The van der Waals surface area contributed by atoms with Crippen LogP contribution >= 0.6 is 0 Å². The van der Waals surface area contributed by atoms with Crippen LogP contribution in [0.2, 0.25) is 0 Å². The highest BCUT2D eigenvalue weighted by Crippen LogP contribution is 2.44. The van der Waals surface area contributed by atoms with Crippen LogP contribution in [-0.2, 0) is 4.79 Å². The summed E-state index contributed by atoms with van der Waals surface area (Å²) in [5, 5.41) is 6.50. The van der Waals surface area contributed by atoms with Gasteiger partial charge in [0.25, 0.3) is 0 Å². The van der Waals surface area contributed by atoms with Crippen LogP contribution < -0.4 is 10.6 Å². The molecule has 1 aliphatic heterocycles. The van der Waals surface area contributed by atoms with Gasteiger partial charge in [-0.05, 0) is 25.7 Å². The first-order valence-electron chi connectivity index (χ1n) is 6.61. The van der Waals surface area contributed by atoms with E-state index in [1.807, 2.05) is 13.8 Å². The maximum atomic E-state index is 12.3. The van der Waals surface area contributed by atoms with Crippen LogP contribution in [0.25, 0.3) is 0 Å². The molecule has 2 N–H and O–H groups in total. The van der Waals surface area contributed by atoms with Crippen molar-refractivity contribution in [2.24, 2.45) is 5.41 Å². The minimum atomic E-state index is -0.388. The zero-order chi connectivity index (χ0) is 12.7. The minimum Gasteiger partial charge on any atom is -0.351 e. The number of rotatable bonds is 3. The van der Waals surface area contributed by atoms with Crippen molar-refractivity contribution in [2.45, 2.75) is 45.7 Å². The normalized spacial score (nSPS) is 28.8. The number of nitrogens with one attached hydrogen (secondary N) is 2. The van der Waals surface area contributed by atoms with Gasteiger partial charge in [-0.25, -0.2) is 0 Å². The molecule has 17 heavy (non-hydrogen) atoms. The van der Waals surface area contributed by atoms with Gasteiger partial charge in [0.05, 0.1) is 5.54 Å². The van der Waals surface area contributed by atoms with Gasteiger partial charge in [0.1, 0.15) is 0 Å². The van der Waals surface area contributed by atoms with Crippen molar-refractivity contribution in [2.75, 3.05) is 26.2 Å². The second kappa shape index (κ2) is 4.25. The van der Waals surface area contributed by atoms with Crippen LogP contribution in [0.5, 0.6) is 0 Å². The van der Waals surface area contributed by atoms with Gasteiger partial charge in [-0.2, -0.15) is 0 Å². The van der Waals surface area contributed by atoms with E-state index in [0.29, 0.717) is 11.5 Å². The number of amides is 1. The molecule has 2 fully saturated rings.